The maximum atomic E-state index is 13.0. The molecule has 1 aliphatic heterocycles. The predicted molar refractivity (Wildman–Crippen MR) is 136 cm³/mol. The van der Waals surface area contributed by atoms with Crippen LogP contribution in [0.2, 0.25) is 0 Å². The van der Waals surface area contributed by atoms with Gasteiger partial charge in [0.25, 0.3) is 5.91 Å². The summed E-state index contributed by atoms with van der Waals surface area (Å²) in [6, 6.07) is 12.3. The highest BCUT2D eigenvalue weighted by atomic mass is 32.2. The Hall–Kier alpha value is -2.72. The topological polar surface area (TPSA) is 122 Å². The first-order valence-electron chi connectivity index (χ1n) is 11.9. The molecule has 9 heteroatoms. The van der Waals surface area contributed by atoms with Crippen molar-refractivity contribution in [1.29, 1.82) is 0 Å². The van der Waals surface area contributed by atoms with Crippen molar-refractivity contribution in [2.75, 3.05) is 17.8 Å². The lowest BCUT2D eigenvalue weighted by Crippen LogP contribution is -2.46. The van der Waals surface area contributed by atoms with E-state index in [-0.39, 0.29) is 5.91 Å². The first-order valence-corrected chi connectivity index (χ1v) is 13.0. The van der Waals surface area contributed by atoms with E-state index in [0.717, 1.165) is 6.42 Å². The minimum Gasteiger partial charge on any atom is -0.588 e. The van der Waals surface area contributed by atoms with Gasteiger partial charge < -0.3 is 19.7 Å². The molecule has 0 aliphatic carbocycles. The zero-order valence-electron chi connectivity index (χ0n) is 20.1. The molecule has 2 aromatic carbocycles. The zero-order valence-corrected chi connectivity index (χ0v) is 20.9. The van der Waals surface area contributed by atoms with Gasteiger partial charge in [0, 0.05) is 31.0 Å². The fraction of sp³-hybridized carbons (Fsp3) is 0.423. The lowest BCUT2D eigenvalue weighted by Gasteiger charge is -2.38. The average molecular weight is 497 g/mol. The van der Waals surface area contributed by atoms with E-state index in [1.165, 1.54) is 0 Å². The van der Waals surface area contributed by atoms with Crippen LogP contribution >= 0.6 is 0 Å². The Labute approximate surface area is 208 Å². The van der Waals surface area contributed by atoms with Gasteiger partial charge in [-0.15, -0.1) is 0 Å². The lowest BCUT2D eigenvalue weighted by atomic mass is 9.85. The molecule has 0 radical (unpaired) electrons. The molecular weight excluding hydrogens is 464 g/mol. The van der Waals surface area contributed by atoms with Gasteiger partial charge in [-0.3, -0.25) is 9.78 Å². The molecule has 1 amide bonds. The number of hydrogen-bond acceptors (Lipinski definition) is 7. The van der Waals surface area contributed by atoms with Crippen LogP contribution in [0.15, 0.2) is 59.8 Å². The molecule has 1 saturated heterocycles. The number of nitrogens with one attached hydrogen (secondary N) is 1. The summed E-state index contributed by atoms with van der Waals surface area (Å²) in [7, 11) is 0. The van der Waals surface area contributed by atoms with Crippen LogP contribution in [0.4, 0.5) is 5.69 Å². The van der Waals surface area contributed by atoms with E-state index >= 15 is 0 Å². The number of hydrogen-bond donors (Lipinski definition) is 3. The molecule has 35 heavy (non-hydrogen) atoms. The number of rotatable bonds is 8. The summed E-state index contributed by atoms with van der Waals surface area (Å²) >= 11 is -1.54. The number of amides is 1. The van der Waals surface area contributed by atoms with Crippen molar-refractivity contribution in [2.24, 2.45) is 0 Å². The van der Waals surface area contributed by atoms with E-state index in [1.54, 1.807) is 67.5 Å². The molecule has 1 atom stereocenters. The Morgan fingerprint density at radius 2 is 1.83 bits per heavy atom. The number of likely N-dealkylation sites (tertiary alicyclic amines) is 1. The monoisotopic (exact) mass is 496 g/mol. The number of aromatic nitrogens is 2. The number of carbonyl (C=O) groups excluding carboxylic acids is 1. The Bertz CT molecular complexity index is 1150. The summed E-state index contributed by atoms with van der Waals surface area (Å²) in [5.41, 5.74) is 0.908. The van der Waals surface area contributed by atoms with Gasteiger partial charge in [-0.25, -0.2) is 9.71 Å². The summed E-state index contributed by atoms with van der Waals surface area (Å²) < 4.78 is 15.9. The molecule has 0 saturated carbocycles. The third-order valence-electron chi connectivity index (χ3n) is 6.42. The van der Waals surface area contributed by atoms with E-state index in [9.17, 15) is 19.6 Å². The second kappa shape index (κ2) is 10.5. The van der Waals surface area contributed by atoms with Gasteiger partial charge in [0.1, 0.15) is 16.9 Å². The first-order chi connectivity index (χ1) is 16.6. The van der Waals surface area contributed by atoms with E-state index in [4.69, 9.17) is 0 Å². The second-order valence-electron chi connectivity index (χ2n) is 9.81. The van der Waals surface area contributed by atoms with Crippen molar-refractivity contribution >= 4 is 34.0 Å². The number of nitrogens with zero attached hydrogens (tertiary/aromatic N) is 3. The molecule has 1 aliphatic rings. The van der Waals surface area contributed by atoms with Gasteiger partial charge in [0.05, 0.1) is 22.4 Å². The van der Waals surface area contributed by atoms with Crippen molar-refractivity contribution in [2.45, 2.75) is 62.0 Å². The molecule has 0 bridgehead atoms. The van der Waals surface area contributed by atoms with Crippen molar-refractivity contribution in [1.82, 2.24) is 14.9 Å². The molecule has 3 aromatic rings. The highest BCUT2D eigenvalue weighted by Gasteiger charge is 2.34. The maximum absolute atomic E-state index is 13.0. The molecule has 1 unspecified atom stereocenters. The molecule has 1 fully saturated rings. The minimum atomic E-state index is -1.54. The van der Waals surface area contributed by atoms with Crippen LogP contribution in [-0.4, -0.2) is 59.8 Å². The minimum absolute atomic E-state index is 0.0828. The SMILES string of the molecule is CC(C)(O)CCCC1(O)CCN(C(=O)c2ccc(N[S+]([O-])c3cccc4nccnc34)cc2)CC1. The number of fused-ring (bicyclic) bond motifs is 1. The van der Waals surface area contributed by atoms with Gasteiger partial charge in [-0.1, -0.05) is 6.07 Å². The first kappa shape index (κ1) is 25.4. The fourth-order valence-corrected chi connectivity index (χ4v) is 5.36. The second-order valence-corrected chi connectivity index (χ2v) is 11.0. The van der Waals surface area contributed by atoms with Gasteiger partial charge in [-0.2, -0.15) is 0 Å². The Morgan fingerprint density at radius 1 is 1.14 bits per heavy atom. The number of carbonyl (C=O) groups is 1. The normalized spacial score (nSPS) is 16.8. The summed E-state index contributed by atoms with van der Waals surface area (Å²) in [5.74, 6) is -0.0828. The molecular formula is C26H32N4O4S. The standard InChI is InChI=1S/C26H32N4O4S/c1-25(2,32)11-4-12-26(33)13-17-30(18-14-26)24(31)19-7-9-20(10-8-19)29-35(34)22-6-3-5-21-23(22)28-16-15-27-21/h3,5-10,15-16,29,32-33H,4,11-14,17-18H2,1-2H3. The molecule has 1 aromatic heterocycles. The third kappa shape index (κ3) is 6.49. The number of anilines is 1. The molecule has 186 valence electrons. The Morgan fingerprint density at radius 3 is 2.51 bits per heavy atom. The van der Waals surface area contributed by atoms with Crippen LogP contribution in [-0.2, 0) is 11.4 Å². The molecule has 4 rings (SSSR count). The highest BCUT2D eigenvalue weighted by Crippen LogP contribution is 2.30. The fourth-order valence-electron chi connectivity index (χ4n) is 4.37. The highest BCUT2D eigenvalue weighted by molar-refractivity contribution is 7.93. The van der Waals surface area contributed by atoms with E-state index in [2.05, 4.69) is 14.7 Å². The Kier molecular flexibility index (Phi) is 7.61. The van der Waals surface area contributed by atoms with Crippen LogP contribution in [0.3, 0.4) is 0 Å². The van der Waals surface area contributed by atoms with Crippen molar-refractivity contribution < 1.29 is 19.6 Å². The van der Waals surface area contributed by atoms with Gasteiger partial charge >= 0.3 is 0 Å². The summed E-state index contributed by atoms with van der Waals surface area (Å²) in [4.78, 5) is 23.8. The number of aliphatic hydroxyl groups is 2. The molecule has 8 nitrogen and oxygen atoms in total. The summed E-state index contributed by atoms with van der Waals surface area (Å²) in [6.45, 7) is 4.53. The predicted octanol–water partition coefficient (Wildman–Crippen LogP) is 3.67. The van der Waals surface area contributed by atoms with Crippen molar-refractivity contribution in [3.05, 3.63) is 60.4 Å². The maximum Gasteiger partial charge on any atom is 0.253 e. The van der Waals surface area contributed by atoms with Gasteiger partial charge in [0.15, 0.2) is 0 Å². The van der Waals surface area contributed by atoms with Crippen molar-refractivity contribution in [3.63, 3.8) is 0 Å². The van der Waals surface area contributed by atoms with Crippen LogP contribution in [0, 0.1) is 0 Å². The average Bonchev–Trinajstić information content (AvgIpc) is 2.83. The quantitative estimate of drug-likeness (QED) is 0.407. The van der Waals surface area contributed by atoms with Crippen LogP contribution in [0.1, 0.15) is 56.3 Å². The smallest absolute Gasteiger partial charge is 0.253 e. The summed E-state index contributed by atoms with van der Waals surface area (Å²) in [5, 5.41) is 20.7. The zero-order chi connectivity index (χ0) is 25.1. The number of para-hydroxylation sites is 1. The van der Waals surface area contributed by atoms with Crippen LogP contribution in [0.5, 0.6) is 0 Å². The van der Waals surface area contributed by atoms with E-state index < -0.39 is 22.6 Å². The number of piperidine rings is 1. The van der Waals surface area contributed by atoms with Crippen LogP contribution in [0.25, 0.3) is 11.0 Å². The molecule has 3 N–H and O–H groups in total. The summed E-state index contributed by atoms with van der Waals surface area (Å²) in [6.07, 6.45) is 6.22. The lowest BCUT2D eigenvalue weighted by molar-refractivity contribution is -0.0291. The van der Waals surface area contributed by atoms with Gasteiger partial charge in [-0.05, 0) is 82.3 Å². The van der Waals surface area contributed by atoms with E-state index in [0.29, 0.717) is 66.0 Å². The van der Waals surface area contributed by atoms with Crippen molar-refractivity contribution in [3.8, 4) is 0 Å². The largest absolute Gasteiger partial charge is 0.588 e. The third-order valence-corrected chi connectivity index (χ3v) is 7.57. The van der Waals surface area contributed by atoms with Gasteiger partial charge in [0.2, 0.25) is 4.90 Å². The molecule has 0 spiro atoms. The van der Waals surface area contributed by atoms with E-state index in [1.807, 2.05) is 6.07 Å². The Balaban J connectivity index is 1.33. The molecule has 2 heterocycles. The number of benzene rings is 2. The van der Waals surface area contributed by atoms with Crippen LogP contribution < -0.4 is 4.72 Å².